The quantitative estimate of drug-likeness (QED) is 0.206. The van der Waals surface area contributed by atoms with Gasteiger partial charge in [0, 0.05) is 25.2 Å². The van der Waals surface area contributed by atoms with Crippen LogP contribution in [0.2, 0.25) is 0 Å². The van der Waals surface area contributed by atoms with Gasteiger partial charge in [-0.15, -0.1) is 0 Å². The topological polar surface area (TPSA) is 87.4 Å². The van der Waals surface area contributed by atoms with Crippen molar-refractivity contribution in [3.63, 3.8) is 0 Å². The second-order valence-electron chi connectivity index (χ2n) is 8.93. The predicted molar refractivity (Wildman–Crippen MR) is 155 cm³/mol. The Morgan fingerprint density at radius 1 is 1.11 bits per heavy atom. The van der Waals surface area contributed by atoms with E-state index < -0.39 is 0 Å². The van der Waals surface area contributed by atoms with Crippen LogP contribution in [-0.2, 0) is 17.9 Å². The highest BCUT2D eigenvalue weighted by molar-refractivity contribution is 8.26. The van der Waals surface area contributed by atoms with Gasteiger partial charge in [-0.05, 0) is 49.1 Å². The lowest BCUT2D eigenvalue weighted by atomic mass is 10.0. The van der Waals surface area contributed by atoms with Crippen LogP contribution in [0.4, 0.5) is 5.82 Å². The molecular weight excluding hydrogens is 504 g/mol. The van der Waals surface area contributed by atoms with Crippen LogP contribution in [0, 0.1) is 18.3 Å². The number of anilines is 1. The first-order valence-corrected chi connectivity index (χ1v) is 13.9. The molecule has 9 heteroatoms. The van der Waals surface area contributed by atoms with E-state index in [0.29, 0.717) is 45.8 Å². The van der Waals surface area contributed by atoms with E-state index in [1.165, 1.54) is 11.8 Å². The van der Waals surface area contributed by atoms with E-state index >= 15 is 0 Å². The molecule has 1 fully saturated rings. The average Bonchev–Trinajstić information content (AvgIpc) is 3.16. The number of thiocarbonyl (C=S) groups is 1. The molecule has 0 saturated carbocycles. The second-order valence-corrected chi connectivity index (χ2v) is 10.6. The highest BCUT2D eigenvalue weighted by Gasteiger charge is 2.32. The second kappa shape index (κ2) is 13.5. The van der Waals surface area contributed by atoms with Gasteiger partial charge in [-0.2, -0.15) is 5.26 Å². The number of benzene rings is 1. The number of thioether (sulfide) groups is 1. The zero-order chi connectivity index (χ0) is 26.9. The minimum absolute atomic E-state index is 0.0933. The molecule has 1 aliphatic rings. The smallest absolute Gasteiger partial charge is 0.270 e. The molecule has 0 bridgehead atoms. The van der Waals surface area contributed by atoms with Gasteiger partial charge >= 0.3 is 0 Å². The van der Waals surface area contributed by atoms with Crippen LogP contribution in [0.5, 0.6) is 5.75 Å². The lowest BCUT2D eigenvalue weighted by Crippen LogP contribution is -2.29. The summed E-state index contributed by atoms with van der Waals surface area (Å²) < 4.78 is 7.42. The number of hydrogen-bond donors (Lipinski definition) is 1. The van der Waals surface area contributed by atoms with Gasteiger partial charge in [-0.25, -0.2) is 0 Å². The highest BCUT2D eigenvalue weighted by atomic mass is 32.2. The SMILES string of the molecule is CCCCCN1C(=O)/C(=C\c2c(C)c(C#N)c(=O)n(CCCC)c2NCc2ccc(OC)cc2)SC1=S. The molecule has 0 aliphatic carbocycles. The maximum atomic E-state index is 13.3. The third-order valence-electron chi connectivity index (χ3n) is 6.36. The number of unbranched alkanes of at least 4 members (excludes halogenated alkanes) is 3. The first-order valence-electron chi connectivity index (χ1n) is 12.7. The summed E-state index contributed by atoms with van der Waals surface area (Å²) in [5.41, 5.74) is 1.99. The van der Waals surface area contributed by atoms with Gasteiger partial charge in [-0.3, -0.25) is 19.1 Å². The predicted octanol–water partition coefficient (Wildman–Crippen LogP) is 5.84. The third kappa shape index (κ3) is 6.62. The van der Waals surface area contributed by atoms with Crippen molar-refractivity contribution in [3.8, 4) is 11.8 Å². The Morgan fingerprint density at radius 3 is 2.43 bits per heavy atom. The summed E-state index contributed by atoms with van der Waals surface area (Å²) in [5, 5.41) is 13.3. The number of hydrogen-bond acceptors (Lipinski definition) is 7. The Labute approximate surface area is 228 Å². The molecule has 0 spiro atoms. The zero-order valence-corrected chi connectivity index (χ0v) is 23.6. The number of methoxy groups -OCH3 is 1. The van der Waals surface area contributed by atoms with Crippen LogP contribution >= 0.6 is 24.0 Å². The van der Waals surface area contributed by atoms with E-state index in [-0.39, 0.29) is 17.0 Å². The molecule has 1 aromatic carbocycles. The van der Waals surface area contributed by atoms with Crippen molar-refractivity contribution < 1.29 is 9.53 Å². The molecule has 3 rings (SSSR count). The monoisotopic (exact) mass is 538 g/mol. The van der Waals surface area contributed by atoms with E-state index in [1.54, 1.807) is 29.6 Å². The molecule has 1 N–H and O–H groups in total. The van der Waals surface area contributed by atoms with E-state index in [4.69, 9.17) is 17.0 Å². The molecule has 0 radical (unpaired) electrons. The van der Waals surface area contributed by atoms with Crippen LogP contribution in [0.25, 0.3) is 6.08 Å². The molecule has 1 amide bonds. The van der Waals surface area contributed by atoms with Gasteiger partial charge in [0.25, 0.3) is 11.5 Å². The van der Waals surface area contributed by atoms with Crippen molar-refractivity contribution in [1.29, 1.82) is 5.26 Å². The summed E-state index contributed by atoms with van der Waals surface area (Å²) in [5.74, 6) is 1.23. The number of carbonyl (C=O) groups is 1. The molecule has 2 aromatic rings. The van der Waals surface area contributed by atoms with Crippen molar-refractivity contribution >= 4 is 46.1 Å². The molecule has 0 atom stereocenters. The van der Waals surface area contributed by atoms with Gasteiger partial charge in [0.05, 0.1) is 12.0 Å². The maximum Gasteiger partial charge on any atom is 0.270 e. The first-order chi connectivity index (χ1) is 17.9. The summed E-state index contributed by atoms with van der Waals surface area (Å²) in [7, 11) is 1.62. The van der Waals surface area contributed by atoms with Crippen molar-refractivity contribution in [2.45, 2.75) is 66.0 Å². The van der Waals surface area contributed by atoms with Crippen LogP contribution in [0.1, 0.15) is 68.2 Å². The lowest BCUT2D eigenvalue weighted by Gasteiger charge is -2.20. The fourth-order valence-electron chi connectivity index (χ4n) is 4.16. The normalized spacial score (nSPS) is 14.4. The van der Waals surface area contributed by atoms with E-state index in [1.807, 2.05) is 24.3 Å². The maximum absolute atomic E-state index is 13.3. The van der Waals surface area contributed by atoms with Crippen molar-refractivity contribution in [1.82, 2.24) is 9.47 Å². The standard InChI is InChI=1S/C28H34N4O3S2/c1-5-7-9-15-32-27(34)24(37-28(32)36)16-22-19(3)23(17-29)26(33)31(14-8-6-2)25(22)30-18-20-10-12-21(35-4)13-11-20/h10-13,16,30H,5-9,14-15,18H2,1-4H3/b24-16+. The number of rotatable bonds is 12. The minimum atomic E-state index is -0.324. The van der Waals surface area contributed by atoms with Gasteiger partial charge in [-0.1, -0.05) is 69.2 Å². The van der Waals surface area contributed by atoms with Crippen LogP contribution < -0.4 is 15.6 Å². The van der Waals surface area contributed by atoms with Gasteiger partial charge in [0.15, 0.2) is 0 Å². The number of nitrogens with zero attached hydrogens (tertiary/aromatic N) is 3. The van der Waals surface area contributed by atoms with E-state index in [2.05, 4.69) is 25.2 Å². The molecule has 2 heterocycles. The summed E-state index contributed by atoms with van der Waals surface area (Å²) in [6.07, 6.45) is 6.44. The fourth-order valence-corrected chi connectivity index (χ4v) is 5.45. The number of carbonyl (C=O) groups excluding carboxylic acids is 1. The number of ether oxygens (including phenoxy) is 1. The molecule has 37 heavy (non-hydrogen) atoms. The first kappa shape index (κ1) is 28.5. The minimum Gasteiger partial charge on any atom is -0.497 e. The van der Waals surface area contributed by atoms with Crippen molar-refractivity contribution in [2.24, 2.45) is 0 Å². The van der Waals surface area contributed by atoms with Gasteiger partial charge in [0.1, 0.15) is 27.5 Å². The highest BCUT2D eigenvalue weighted by Crippen LogP contribution is 2.35. The van der Waals surface area contributed by atoms with Gasteiger partial charge < -0.3 is 10.1 Å². The molecule has 0 unspecified atom stereocenters. The van der Waals surface area contributed by atoms with Crippen LogP contribution in [-0.4, -0.2) is 33.3 Å². The largest absolute Gasteiger partial charge is 0.497 e. The van der Waals surface area contributed by atoms with E-state index in [9.17, 15) is 14.9 Å². The van der Waals surface area contributed by atoms with Crippen LogP contribution in [0.3, 0.4) is 0 Å². The Hall–Kier alpha value is -3.09. The Morgan fingerprint density at radius 2 is 1.81 bits per heavy atom. The summed E-state index contributed by atoms with van der Waals surface area (Å²) in [6, 6.07) is 9.77. The van der Waals surface area contributed by atoms with Crippen LogP contribution in [0.15, 0.2) is 34.0 Å². The van der Waals surface area contributed by atoms with Gasteiger partial charge in [0.2, 0.25) is 0 Å². The summed E-state index contributed by atoms with van der Waals surface area (Å²) in [6.45, 7) is 7.45. The summed E-state index contributed by atoms with van der Waals surface area (Å²) in [4.78, 5) is 28.7. The fraction of sp³-hybridized carbons (Fsp3) is 0.429. The van der Waals surface area contributed by atoms with Crippen molar-refractivity contribution in [3.05, 3.63) is 61.8 Å². The van der Waals surface area contributed by atoms with Crippen molar-refractivity contribution in [2.75, 3.05) is 19.0 Å². The number of amides is 1. The zero-order valence-electron chi connectivity index (χ0n) is 21.9. The molecule has 7 nitrogen and oxygen atoms in total. The molecular formula is C28H34N4O3S2. The molecule has 1 aromatic heterocycles. The third-order valence-corrected chi connectivity index (χ3v) is 7.74. The summed E-state index contributed by atoms with van der Waals surface area (Å²) >= 11 is 6.78. The Bertz CT molecular complexity index is 1280. The lowest BCUT2D eigenvalue weighted by molar-refractivity contribution is -0.122. The Balaban J connectivity index is 2.07. The number of nitrogens with one attached hydrogen (secondary N) is 1. The molecule has 1 saturated heterocycles. The average molecular weight is 539 g/mol. The molecule has 196 valence electrons. The number of nitriles is 1. The number of aromatic nitrogens is 1. The number of pyridine rings is 1. The molecule has 1 aliphatic heterocycles. The van der Waals surface area contributed by atoms with E-state index in [0.717, 1.165) is 43.4 Å². The Kier molecular flexibility index (Phi) is 10.4.